The molecule has 0 bridgehead atoms. The Balaban J connectivity index is 2.14. The first kappa shape index (κ1) is 9.93. The monoisotopic (exact) mass is 201 g/mol. The summed E-state index contributed by atoms with van der Waals surface area (Å²) in [5.74, 6) is 0. The Morgan fingerprint density at radius 2 is 1.80 bits per heavy atom. The van der Waals surface area contributed by atoms with Gasteiger partial charge in [0, 0.05) is 18.4 Å². The van der Waals surface area contributed by atoms with Gasteiger partial charge in [-0.15, -0.1) is 0 Å². The lowest BCUT2D eigenvalue weighted by molar-refractivity contribution is 0.665. The molecule has 0 saturated carbocycles. The lowest BCUT2D eigenvalue weighted by Gasteiger charge is -2.05. The molecule has 1 aromatic heterocycles. The maximum atomic E-state index is 5.54. The quantitative estimate of drug-likeness (QED) is 0.821. The minimum absolute atomic E-state index is 0.598. The Labute approximate surface area is 89.5 Å². The molecule has 0 radical (unpaired) electrons. The van der Waals surface area contributed by atoms with Gasteiger partial charge in [-0.2, -0.15) is 5.10 Å². The van der Waals surface area contributed by atoms with E-state index in [0.717, 1.165) is 12.1 Å². The van der Waals surface area contributed by atoms with Crippen LogP contribution in [0.2, 0.25) is 0 Å². The van der Waals surface area contributed by atoms with Gasteiger partial charge >= 0.3 is 0 Å². The van der Waals surface area contributed by atoms with Crippen molar-refractivity contribution in [3.63, 3.8) is 0 Å². The number of aryl methyl sites for hydroxylation is 1. The summed E-state index contributed by atoms with van der Waals surface area (Å²) in [4.78, 5) is 0. The van der Waals surface area contributed by atoms with E-state index in [1.54, 1.807) is 0 Å². The number of hydrogen-bond acceptors (Lipinski definition) is 2. The van der Waals surface area contributed by atoms with Crippen LogP contribution in [0, 0.1) is 6.92 Å². The first-order valence-corrected chi connectivity index (χ1v) is 5.06. The molecule has 2 aromatic rings. The smallest absolute Gasteiger partial charge is 0.0662 e. The summed E-state index contributed by atoms with van der Waals surface area (Å²) in [6, 6.07) is 10.3. The van der Waals surface area contributed by atoms with Crippen LogP contribution >= 0.6 is 0 Å². The summed E-state index contributed by atoms with van der Waals surface area (Å²) < 4.78 is 1.98. The fourth-order valence-corrected chi connectivity index (χ4v) is 1.52. The zero-order chi connectivity index (χ0) is 10.7. The van der Waals surface area contributed by atoms with E-state index in [4.69, 9.17) is 5.73 Å². The van der Waals surface area contributed by atoms with Gasteiger partial charge in [-0.05, 0) is 24.1 Å². The highest BCUT2D eigenvalue weighted by molar-refractivity contribution is 5.22. The highest BCUT2D eigenvalue weighted by atomic mass is 15.3. The van der Waals surface area contributed by atoms with Gasteiger partial charge in [0.1, 0.15) is 0 Å². The van der Waals surface area contributed by atoms with Crippen LogP contribution in [0.5, 0.6) is 0 Å². The van der Waals surface area contributed by atoms with Crippen molar-refractivity contribution < 1.29 is 0 Å². The number of hydrogen-bond donors (Lipinski definition) is 1. The first-order valence-electron chi connectivity index (χ1n) is 5.06. The zero-order valence-electron chi connectivity index (χ0n) is 8.85. The molecule has 0 atom stereocenters. The van der Waals surface area contributed by atoms with Crippen molar-refractivity contribution in [3.8, 4) is 0 Å². The number of nitrogens with two attached hydrogens (primary N) is 1. The maximum absolute atomic E-state index is 5.54. The summed E-state index contributed by atoms with van der Waals surface area (Å²) in [6.07, 6.45) is 1.82. The SMILES string of the molecule is Cc1ccnn1Cc1ccc(CN)cc1. The normalized spacial score (nSPS) is 10.5. The summed E-state index contributed by atoms with van der Waals surface area (Å²) >= 11 is 0. The maximum Gasteiger partial charge on any atom is 0.0662 e. The van der Waals surface area contributed by atoms with Crippen LogP contribution < -0.4 is 5.73 Å². The first-order chi connectivity index (χ1) is 7.29. The van der Waals surface area contributed by atoms with Crippen molar-refractivity contribution >= 4 is 0 Å². The van der Waals surface area contributed by atoms with Crippen molar-refractivity contribution in [3.05, 3.63) is 53.3 Å². The van der Waals surface area contributed by atoms with Gasteiger partial charge in [0.15, 0.2) is 0 Å². The molecule has 1 aromatic carbocycles. The van der Waals surface area contributed by atoms with Gasteiger partial charge in [-0.1, -0.05) is 24.3 Å². The Morgan fingerprint density at radius 3 is 2.33 bits per heavy atom. The third-order valence-electron chi connectivity index (χ3n) is 2.52. The average Bonchev–Trinajstić information content (AvgIpc) is 2.66. The van der Waals surface area contributed by atoms with Crippen molar-refractivity contribution in [2.45, 2.75) is 20.0 Å². The Kier molecular flexibility index (Phi) is 2.83. The summed E-state index contributed by atoms with van der Waals surface area (Å²) in [5, 5.41) is 4.25. The second kappa shape index (κ2) is 4.28. The zero-order valence-corrected chi connectivity index (χ0v) is 8.85. The highest BCUT2D eigenvalue weighted by Crippen LogP contribution is 2.07. The largest absolute Gasteiger partial charge is 0.326 e. The summed E-state index contributed by atoms with van der Waals surface area (Å²) in [6.45, 7) is 3.48. The molecule has 0 spiro atoms. The molecule has 1 heterocycles. The van der Waals surface area contributed by atoms with E-state index in [9.17, 15) is 0 Å². The molecule has 3 heteroatoms. The topological polar surface area (TPSA) is 43.8 Å². The standard InChI is InChI=1S/C12H15N3/c1-10-6-7-14-15(10)9-12-4-2-11(8-13)3-5-12/h2-7H,8-9,13H2,1H3. The molecule has 0 fully saturated rings. The minimum atomic E-state index is 0.598. The Hall–Kier alpha value is -1.61. The van der Waals surface area contributed by atoms with E-state index in [-0.39, 0.29) is 0 Å². The predicted molar refractivity (Wildman–Crippen MR) is 60.4 cm³/mol. The number of benzene rings is 1. The molecule has 0 saturated heterocycles. The summed E-state index contributed by atoms with van der Waals surface area (Å²) in [7, 11) is 0. The molecule has 0 aliphatic carbocycles. The molecule has 3 nitrogen and oxygen atoms in total. The van der Waals surface area contributed by atoms with Gasteiger partial charge in [-0.25, -0.2) is 0 Å². The van der Waals surface area contributed by atoms with Gasteiger partial charge in [0.2, 0.25) is 0 Å². The van der Waals surface area contributed by atoms with E-state index in [1.165, 1.54) is 11.3 Å². The van der Waals surface area contributed by atoms with Crippen LogP contribution in [-0.2, 0) is 13.1 Å². The van der Waals surface area contributed by atoms with E-state index in [0.29, 0.717) is 6.54 Å². The number of aromatic nitrogens is 2. The van der Waals surface area contributed by atoms with Crippen molar-refractivity contribution in [1.29, 1.82) is 0 Å². The lowest BCUT2D eigenvalue weighted by atomic mass is 10.1. The average molecular weight is 201 g/mol. The third-order valence-corrected chi connectivity index (χ3v) is 2.52. The van der Waals surface area contributed by atoms with Crippen LogP contribution in [0.4, 0.5) is 0 Å². The molecule has 78 valence electrons. The molecule has 0 amide bonds. The molecular formula is C12H15N3. The van der Waals surface area contributed by atoms with E-state index in [1.807, 2.05) is 16.9 Å². The van der Waals surface area contributed by atoms with Crippen molar-refractivity contribution in [2.75, 3.05) is 0 Å². The van der Waals surface area contributed by atoms with Crippen LogP contribution in [-0.4, -0.2) is 9.78 Å². The van der Waals surface area contributed by atoms with Crippen LogP contribution in [0.1, 0.15) is 16.8 Å². The molecule has 0 unspecified atom stereocenters. The molecule has 15 heavy (non-hydrogen) atoms. The molecule has 0 aliphatic rings. The van der Waals surface area contributed by atoms with E-state index in [2.05, 4.69) is 36.3 Å². The van der Waals surface area contributed by atoms with Gasteiger partial charge in [-0.3, -0.25) is 4.68 Å². The Morgan fingerprint density at radius 1 is 1.13 bits per heavy atom. The Bertz CT molecular complexity index is 428. The second-order valence-electron chi connectivity index (χ2n) is 3.65. The lowest BCUT2D eigenvalue weighted by Crippen LogP contribution is -2.04. The molecule has 2 N–H and O–H groups in total. The second-order valence-corrected chi connectivity index (χ2v) is 3.65. The van der Waals surface area contributed by atoms with Crippen molar-refractivity contribution in [1.82, 2.24) is 9.78 Å². The van der Waals surface area contributed by atoms with Gasteiger partial charge in [0.05, 0.1) is 6.54 Å². The molecule has 2 rings (SSSR count). The number of nitrogens with zero attached hydrogens (tertiary/aromatic N) is 2. The van der Waals surface area contributed by atoms with Gasteiger partial charge < -0.3 is 5.73 Å². The third kappa shape index (κ3) is 2.25. The predicted octanol–water partition coefficient (Wildman–Crippen LogP) is 1.70. The fraction of sp³-hybridized carbons (Fsp3) is 0.250. The molecular weight excluding hydrogens is 186 g/mol. The summed E-state index contributed by atoms with van der Waals surface area (Å²) in [5.41, 5.74) is 9.13. The van der Waals surface area contributed by atoms with Crippen molar-refractivity contribution in [2.24, 2.45) is 5.73 Å². The van der Waals surface area contributed by atoms with Crippen LogP contribution in [0.3, 0.4) is 0 Å². The van der Waals surface area contributed by atoms with Crippen LogP contribution in [0.25, 0.3) is 0 Å². The van der Waals surface area contributed by atoms with Gasteiger partial charge in [0.25, 0.3) is 0 Å². The number of rotatable bonds is 3. The minimum Gasteiger partial charge on any atom is -0.326 e. The highest BCUT2D eigenvalue weighted by Gasteiger charge is 1.98. The van der Waals surface area contributed by atoms with E-state index >= 15 is 0 Å². The fourth-order valence-electron chi connectivity index (χ4n) is 1.52. The van der Waals surface area contributed by atoms with Crippen LogP contribution in [0.15, 0.2) is 36.5 Å². The molecule has 0 aliphatic heterocycles. The van der Waals surface area contributed by atoms with E-state index < -0.39 is 0 Å².